The lowest BCUT2D eigenvalue weighted by molar-refractivity contribution is 0.876. The normalized spacial score (nSPS) is 32.9. The van der Waals surface area contributed by atoms with Gasteiger partial charge in [-0.25, -0.2) is 0 Å². The first kappa shape index (κ1) is 22.5. The molecule has 0 aromatic rings. The summed E-state index contributed by atoms with van der Waals surface area (Å²) in [6.07, 6.45) is -2.72. The van der Waals surface area contributed by atoms with Gasteiger partial charge in [-0.15, -0.1) is 11.2 Å². The molecule has 0 bridgehead atoms. The predicted octanol–water partition coefficient (Wildman–Crippen LogP) is 7.96. The Morgan fingerprint density at radius 2 is 0.800 bits per heavy atom. The number of fused-ring (bicyclic) bond motifs is 1. The summed E-state index contributed by atoms with van der Waals surface area (Å²) in [7, 11) is -0.340. The van der Waals surface area contributed by atoms with E-state index in [0.29, 0.717) is 0 Å². The van der Waals surface area contributed by atoms with Crippen molar-refractivity contribution >= 4 is 48.6 Å². The van der Waals surface area contributed by atoms with Gasteiger partial charge in [0.15, 0.2) is 0 Å². The van der Waals surface area contributed by atoms with Crippen LogP contribution >= 0.6 is 21.8 Å². The van der Waals surface area contributed by atoms with Crippen LogP contribution in [0.15, 0.2) is 0 Å². The summed E-state index contributed by atoms with van der Waals surface area (Å²) in [5.41, 5.74) is 5.75. The Kier molecular flexibility index (Phi) is 6.23. The molecule has 1 fully saturated rings. The van der Waals surface area contributed by atoms with Crippen LogP contribution in [-0.4, -0.2) is 26.7 Å². The molecule has 6 heteroatoms. The van der Waals surface area contributed by atoms with Gasteiger partial charge in [-0.05, 0) is 15.6 Å². The van der Waals surface area contributed by atoms with Gasteiger partial charge < -0.3 is 0 Å². The number of hydrogen-bond donors (Lipinski definition) is 0. The zero-order chi connectivity index (χ0) is 19.6. The maximum atomic E-state index is 3.98. The van der Waals surface area contributed by atoms with Crippen LogP contribution in [0.3, 0.4) is 0 Å². The van der Waals surface area contributed by atoms with E-state index in [-0.39, 0.29) is 0 Å². The molecule has 0 amide bonds. The van der Waals surface area contributed by atoms with Crippen LogP contribution < -0.4 is 0 Å². The van der Waals surface area contributed by atoms with Crippen molar-refractivity contribution < 1.29 is 0 Å². The summed E-state index contributed by atoms with van der Waals surface area (Å²) >= 11 is 2.39. The minimum absolute atomic E-state index is 0.948. The molecule has 0 N–H and O–H groups in total. The summed E-state index contributed by atoms with van der Waals surface area (Å²) in [4.78, 5) is 0. The van der Waals surface area contributed by atoms with E-state index in [1.54, 1.807) is 0 Å². The fourth-order valence-electron chi connectivity index (χ4n) is 8.65. The van der Waals surface area contributed by atoms with Gasteiger partial charge in [-0.3, -0.25) is 0 Å². The molecule has 0 aromatic heterocycles. The van der Waals surface area contributed by atoms with Crippen LogP contribution in [0.1, 0.15) is 83.1 Å². The second-order valence-electron chi connectivity index (χ2n) is 10.4. The molecule has 2 aliphatic heterocycles. The minimum Gasteiger partial charge on any atom is -0.161 e. The first-order valence-corrected chi connectivity index (χ1v) is 26.0. The van der Waals surface area contributed by atoms with Gasteiger partial charge in [0.05, 0.1) is 14.2 Å². The van der Waals surface area contributed by atoms with Gasteiger partial charge in [0.1, 0.15) is 12.5 Å². The molecule has 2 unspecified atom stereocenters. The van der Waals surface area contributed by atoms with Gasteiger partial charge in [0, 0.05) is 0 Å². The van der Waals surface area contributed by atoms with Crippen LogP contribution in [-0.2, 0) is 0 Å². The highest BCUT2D eigenvalue weighted by Gasteiger charge is 2.95. The standard InChI is InChI=1S/C19H42S2Si4/c1-14(2)22(15(3)4)23(16(5)6,17(7)8)25(19(11)12)21-13-20-24(22,25)18(9)10/h14-19H,1-12H3. The zero-order valence-electron chi connectivity index (χ0n) is 18.8. The lowest BCUT2D eigenvalue weighted by Crippen LogP contribution is -3.08. The molecule has 2 heterocycles. The van der Waals surface area contributed by atoms with E-state index in [9.17, 15) is 0 Å². The zero-order valence-corrected chi connectivity index (χ0v) is 24.4. The summed E-state index contributed by atoms with van der Waals surface area (Å²) in [6.45, 7) is 31.9. The van der Waals surface area contributed by atoms with Crippen molar-refractivity contribution in [1.29, 1.82) is 0 Å². The lowest BCUT2D eigenvalue weighted by atomic mass is 10.5. The van der Waals surface area contributed by atoms with Crippen molar-refractivity contribution in [2.24, 2.45) is 0 Å². The molecule has 0 aromatic carbocycles. The summed E-state index contributed by atoms with van der Waals surface area (Å²) < 4.78 is 3.98. The van der Waals surface area contributed by atoms with E-state index in [4.69, 9.17) is 0 Å². The molecule has 0 spiro atoms. The van der Waals surface area contributed by atoms with E-state index in [1.807, 2.05) is 0 Å². The second-order valence-corrected chi connectivity index (χ2v) is 59.7. The molecule has 0 radical (unpaired) electrons. The summed E-state index contributed by atoms with van der Waals surface area (Å²) in [5, 5.41) is 0. The maximum Gasteiger partial charge on any atom is 0.146 e. The Bertz CT molecular complexity index is 572. The Hall–Kier alpha value is 1.22. The molecule has 2 rings (SSSR count). The number of hydrogen-bond acceptors (Lipinski definition) is 1. The highest BCUT2D eigenvalue weighted by Crippen LogP contribution is 2.78. The molecule has 2 aliphatic rings. The lowest BCUT2D eigenvalue weighted by Gasteiger charge is -2.82. The predicted molar refractivity (Wildman–Crippen MR) is 133 cm³/mol. The van der Waals surface area contributed by atoms with Crippen LogP contribution in [0.2, 0.25) is 33.2 Å². The van der Waals surface area contributed by atoms with Gasteiger partial charge in [-0.1, -0.05) is 105 Å². The molecule has 25 heavy (non-hydrogen) atoms. The van der Waals surface area contributed by atoms with Crippen molar-refractivity contribution in [3.05, 3.63) is 0 Å². The van der Waals surface area contributed by atoms with Crippen LogP contribution in [0, 0.1) is 4.52 Å². The smallest absolute Gasteiger partial charge is 0.146 e. The van der Waals surface area contributed by atoms with Crippen LogP contribution in [0.4, 0.5) is 0 Å². The maximum absolute atomic E-state index is 3.98. The quantitative estimate of drug-likeness (QED) is 0.373. The Morgan fingerprint density at radius 1 is 0.480 bits per heavy atom. The fraction of sp³-hybridized carbons (Fsp3) is 0.947. The highest BCUT2D eigenvalue weighted by molar-refractivity contribution is 8.72. The van der Waals surface area contributed by atoms with Gasteiger partial charge >= 0.3 is 0 Å². The third-order valence-electron chi connectivity index (χ3n) is 8.14. The number of rotatable bonds is 6. The Labute approximate surface area is 168 Å². The van der Waals surface area contributed by atoms with Crippen LogP contribution in [0.25, 0.3) is 0 Å². The third kappa shape index (κ3) is 2.06. The fourth-order valence-corrected chi connectivity index (χ4v) is 218. The van der Waals surface area contributed by atoms with E-state index < -0.39 is 26.7 Å². The van der Waals surface area contributed by atoms with Crippen molar-refractivity contribution in [2.45, 2.75) is 116 Å². The topological polar surface area (TPSA) is 0 Å². The van der Waals surface area contributed by atoms with Gasteiger partial charge in [0.2, 0.25) is 0 Å². The van der Waals surface area contributed by atoms with Crippen molar-refractivity contribution in [3.8, 4) is 4.52 Å². The summed E-state index contributed by atoms with van der Waals surface area (Å²) in [5.74, 6) is 0. The largest absolute Gasteiger partial charge is 0.161 e. The first-order chi connectivity index (χ1) is 11.4. The van der Waals surface area contributed by atoms with Crippen molar-refractivity contribution in [2.75, 3.05) is 0 Å². The molecule has 0 saturated carbocycles. The molecule has 1 saturated heterocycles. The first-order valence-electron chi connectivity index (χ1n) is 10.5. The Morgan fingerprint density at radius 3 is 1.08 bits per heavy atom. The average molecular weight is 447 g/mol. The molecular weight excluding hydrogens is 405 g/mol. The molecular formula is C19H42S2Si4. The molecule has 146 valence electrons. The minimum atomic E-state index is -1.36. The SMILES string of the molecule is CC(C)[Si]12SC#S[Si]1(C(C)C)[Si](C(C)C)(C(C)C)[Si]2(C(C)C)C(C)C. The van der Waals surface area contributed by atoms with E-state index >= 15 is 0 Å². The highest BCUT2D eigenvalue weighted by atomic mass is 32.5. The van der Waals surface area contributed by atoms with E-state index in [0.717, 1.165) is 33.2 Å². The third-order valence-corrected chi connectivity index (χ3v) is 128. The summed E-state index contributed by atoms with van der Waals surface area (Å²) in [6, 6.07) is 0. The van der Waals surface area contributed by atoms with Gasteiger partial charge in [0.25, 0.3) is 0 Å². The second kappa shape index (κ2) is 6.92. The Balaban J connectivity index is 3.04. The van der Waals surface area contributed by atoms with Crippen LogP contribution in [0.5, 0.6) is 0 Å². The monoisotopic (exact) mass is 446 g/mol. The molecule has 0 nitrogen and oxygen atoms in total. The van der Waals surface area contributed by atoms with E-state index in [2.05, 4.69) is 109 Å². The van der Waals surface area contributed by atoms with E-state index in [1.165, 1.54) is 0 Å². The molecule has 0 aliphatic carbocycles. The van der Waals surface area contributed by atoms with Crippen molar-refractivity contribution in [1.82, 2.24) is 0 Å². The van der Waals surface area contributed by atoms with Crippen molar-refractivity contribution in [3.63, 3.8) is 0 Å². The van der Waals surface area contributed by atoms with Gasteiger partial charge in [-0.2, -0.15) is 10.6 Å². The average Bonchev–Trinajstić information content (AvgIpc) is 2.76. The molecule has 2 atom stereocenters.